The highest BCUT2D eigenvalue weighted by molar-refractivity contribution is 6.06. The zero-order valence-electron chi connectivity index (χ0n) is 19.7. The van der Waals surface area contributed by atoms with Crippen LogP contribution < -0.4 is 10.9 Å². The molecule has 0 atom stereocenters. The molecule has 176 valence electrons. The molecule has 2 amide bonds. The maximum atomic E-state index is 13.5. The third-order valence-electron chi connectivity index (χ3n) is 6.58. The molecule has 0 spiro atoms. The number of aromatic nitrogens is 1. The van der Waals surface area contributed by atoms with Gasteiger partial charge in [0.1, 0.15) is 6.54 Å². The van der Waals surface area contributed by atoms with Crippen molar-refractivity contribution in [3.8, 4) is 0 Å². The van der Waals surface area contributed by atoms with Gasteiger partial charge in [-0.3, -0.25) is 19.0 Å². The molecule has 6 heteroatoms. The number of pyridine rings is 1. The first kappa shape index (κ1) is 22.6. The van der Waals surface area contributed by atoms with Crippen molar-refractivity contribution in [2.75, 3.05) is 6.54 Å². The van der Waals surface area contributed by atoms with Crippen LogP contribution in [0, 0.1) is 6.92 Å². The molecule has 0 saturated heterocycles. The normalized spacial score (nSPS) is 12.9. The summed E-state index contributed by atoms with van der Waals surface area (Å²) < 4.78 is 1.43. The zero-order valence-corrected chi connectivity index (χ0v) is 19.7. The molecule has 1 aliphatic rings. The molecule has 1 N–H and O–H groups in total. The molecule has 35 heavy (non-hydrogen) atoms. The van der Waals surface area contributed by atoms with E-state index in [-0.39, 0.29) is 23.9 Å². The summed E-state index contributed by atoms with van der Waals surface area (Å²) in [7, 11) is 0. The van der Waals surface area contributed by atoms with Gasteiger partial charge in [-0.25, -0.2) is 0 Å². The van der Waals surface area contributed by atoms with Gasteiger partial charge >= 0.3 is 0 Å². The molecule has 6 nitrogen and oxygen atoms in total. The number of para-hydroxylation sites is 1. The first-order valence-corrected chi connectivity index (χ1v) is 11.8. The Kier molecular flexibility index (Phi) is 6.19. The van der Waals surface area contributed by atoms with Crippen molar-refractivity contribution in [3.05, 3.63) is 117 Å². The van der Waals surface area contributed by atoms with Crippen molar-refractivity contribution in [2.24, 2.45) is 0 Å². The van der Waals surface area contributed by atoms with E-state index in [4.69, 9.17) is 0 Å². The first-order chi connectivity index (χ1) is 17.0. The smallest absolute Gasteiger partial charge is 0.255 e. The number of carbonyl (C=O) groups is 2. The Morgan fingerprint density at radius 3 is 2.43 bits per heavy atom. The van der Waals surface area contributed by atoms with Gasteiger partial charge in [0, 0.05) is 31.1 Å². The van der Waals surface area contributed by atoms with E-state index in [0.717, 1.165) is 23.1 Å². The van der Waals surface area contributed by atoms with Gasteiger partial charge < -0.3 is 10.2 Å². The lowest BCUT2D eigenvalue weighted by Gasteiger charge is -2.29. The number of carbonyl (C=O) groups excluding carboxylic acids is 2. The number of rotatable bonds is 5. The van der Waals surface area contributed by atoms with Crippen LogP contribution in [0.1, 0.15) is 32.6 Å². The summed E-state index contributed by atoms with van der Waals surface area (Å²) >= 11 is 0. The van der Waals surface area contributed by atoms with Crippen LogP contribution in [0.5, 0.6) is 0 Å². The second kappa shape index (κ2) is 9.58. The minimum atomic E-state index is -0.366. The Bertz CT molecular complexity index is 1470. The first-order valence-electron chi connectivity index (χ1n) is 11.8. The van der Waals surface area contributed by atoms with Gasteiger partial charge in [-0.1, -0.05) is 72.3 Å². The summed E-state index contributed by atoms with van der Waals surface area (Å²) in [5, 5.41) is 3.55. The van der Waals surface area contributed by atoms with E-state index >= 15 is 0 Å². The lowest BCUT2D eigenvalue weighted by molar-refractivity contribution is -0.121. The molecule has 0 bridgehead atoms. The van der Waals surface area contributed by atoms with Crippen molar-refractivity contribution >= 4 is 22.7 Å². The van der Waals surface area contributed by atoms with Gasteiger partial charge in [-0.15, -0.1) is 0 Å². The van der Waals surface area contributed by atoms with Gasteiger partial charge in [0.25, 0.3) is 11.5 Å². The molecule has 2 heterocycles. The van der Waals surface area contributed by atoms with Gasteiger partial charge in [0.2, 0.25) is 5.91 Å². The molecule has 3 aromatic carbocycles. The van der Waals surface area contributed by atoms with Gasteiger partial charge in [0.15, 0.2) is 0 Å². The third kappa shape index (κ3) is 4.73. The lowest BCUT2D eigenvalue weighted by Crippen LogP contribution is -2.37. The number of nitrogens with one attached hydrogen (secondary N) is 1. The van der Waals surface area contributed by atoms with Gasteiger partial charge in [-0.05, 0) is 36.1 Å². The average Bonchev–Trinajstić information content (AvgIpc) is 2.89. The molecule has 0 aliphatic carbocycles. The molecule has 1 aromatic heterocycles. The van der Waals surface area contributed by atoms with Crippen LogP contribution in [-0.4, -0.2) is 27.8 Å². The van der Waals surface area contributed by atoms with E-state index in [1.807, 2.05) is 67.6 Å². The summed E-state index contributed by atoms with van der Waals surface area (Å²) in [6.07, 6.45) is 0.790. The summed E-state index contributed by atoms with van der Waals surface area (Å²) in [6.45, 7) is 3.41. The van der Waals surface area contributed by atoms with Crippen molar-refractivity contribution < 1.29 is 9.59 Å². The average molecular weight is 466 g/mol. The van der Waals surface area contributed by atoms with E-state index in [0.29, 0.717) is 36.1 Å². The summed E-state index contributed by atoms with van der Waals surface area (Å²) in [6, 6.07) is 24.7. The second-order valence-corrected chi connectivity index (χ2v) is 9.01. The monoisotopic (exact) mass is 465 g/mol. The number of benzene rings is 3. The molecule has 0 saturated carbocycles. The van der Waals surface area contributed by atoms with Crippen LogP contribution in [0.2, 0.25) is 0 Å². The van der Waals surface area contributed by atoms with E-state index < -0.39 is 0 Å². The molecular formula is C29H27N3O3. The SMILES string of the molecule is Cc1ccc(CNC(=O)Cn2c(=O)cc(C(=O)N3CCc4ccccc4C3)c3ccccc32)cc1. The Morgan fingerprint density at radius 1 is 0.914 bits per heavy atom. The number of amides is 2. The fraction of sp³-hybridized carbons (Fsp3) is 0.207. The van der Waals surface area contributed by atoms with E-state index in [1.54, 1.807) is 11.0 Å². The number of fused-ring (bicyclic) bond motifs is 2. The molecule has 5 rings (SSSR count). The fourth-order valence-electron chi connectivity index (χ4n) is 4.62. The predicted octanol–water partition coefficient (Wildman–Crippen LogP) is 3.82. The highest BCUT2D eigenvalue weighted by Crippen LogP contribution is 2.23. The van der Waals surface area contributed by atoms with E-state index in [2.05, 4.69) is 11.4 Å². The van der Waals surface area contributed by atoms with Crippen molar-refractivity contribution in [1.82, 2.24) is 14.8 Å². The number of hydrogen-bond donors (Lipinski definition) is 1. The minimum Gasteiger partial charge on any atom is -0.350 e. The van der Waals surface area contributed by atoms with Crippen LogP contribution in [0.15, 0.2) is 83.7 Å². The zero-order chi connectivity index (χ0) is 24.4. The quantitative estimate of drug-likeness (QED) is 0.487. The molecule has 0 unspecified atom stereocenters. The largest absolute Gasteiger partial charge is 0.350 e. The van der Waals surface area contributed by atoms with Crippen molar-refractivity contribution in [2.45, 2.75) is 33.0 Å². The highest BCUT2D eigenvalue weighted by Gasteiger charge is 2.24. The number of hydrogen-bond acceptors (Lipinski definition) is 3. The Hall–Kier alpha value is -4.19. The summed E-state index contributed by atoms with van der Waals surface area (Å²) in [5.74, 6) is -0.423. The molecule has 4 aromatic rings. The maximum absolute atomic E-state index is 13.5. The van der Waals surface area contributed by atoms with Gasteiger partial charge in [0.05, 0.1) is 11.1 Å². The Morgan fingerprint density at radius 2 is 1.63 bits per heavy atom. The summed E-state index contributed by atoms with van der Waals surface area (Å²) in [4.78, 5) is 41.1. The highest BCUT2D eigenvalue weighted by atomic mass is 16.2. The molecular weight excluding hydrogens is 438 g/mol. The number of nitrogens with zero attached hydrogens (tertiary/aromatic N) is 2. The fourth-order valence-corrected chi connectivity index (χ4v) is 4.62. The van der Waals surface area contributed by atoms with E-state index in [9.17, 15) is 14.4 Å². The topological polar surface area (TPSA) is 71.4 Å². The predicted molar refractivity (Wildman–Crippen MR) is 136 cm³/mol. The maximum Gasteiger partial charge on any atom is 0.255 e. The Balaban J connectivity index is 1.39. The molecule has 1 aliphatic heterocycles. The Labute approximate surface area is 203 Å². The van der Waals surface area contributed by atoms with E-state index in [1.165, 1.54) is 16.2 Å². The van der Waals surface area contributed by atoms with Crippen LogP contribution in [0.25, 0.3) is 10.9 Å². The van der Waals surface area contributed by atoms with Crippen LogP contribution in [0.3, 0.4) is 0 Å². The lowest BCUT2D eigenvalue weighted by atomic mass is 9.98. The van der Waals surface area contributed by atoms with Gasteiger partial charge in [-0.2, -0.15) is 0 Å². The third-order valence-corrected chi connectivity index (χ3v) is 6.58. The van der Waals surface area contributed by atoms with Crippen LogP contribution in [-0.2, 0) is 30.8 Å². The summed E-state index contributed by atoms with van der Waals surface area (Å²) in [5.41, 5.74) is 5.12. The second-order valence-electron chi connectivity index (χ2n) is 9.01. The van der Waals surface area contributed by atoms with Crippen LogP contribution >= 0.6 is 0 Å². The molecule has 0 fully saturated rings. The van der Waals surface area contributed by atoms with Crippen molar-refractivity contribution in [3.63, 3.8) is 0 Å². The number of aryl methyl sites for hydroxylation is 1. The van der Waals surface area contributed by atoms with Crippen molar-refractivity contribution in [1.29, 1.82) is 0 Å². The standard InChI is InChI=1S/C29H27N3O3/c1-20-10-12-21(13-11-20)17-30-27(33)19-32-26-9-5-4-8-24(26)25(16-28(32)34)29(35)31-15-14-22-6-2-3-7-23(22)18-31/h2-13,16H,14-15,17-19H2,1H3,(H,30,33). The van der Waals surface area contributed by atoms with Crippen LogP contribution in [0.4, 0.5) is 0 Å². The minimum absolute atomic E-state index is 0.114. The molecule has 0 radical (unpaired) electrons.